The molecule has 50 nitrogen and oxygen atoms in total. The molecule has 10 heterocycles. The van der Waals surface area contributed by atoms with Crippen molar-refractivity contribution in [1.82, 2.24) is 95.0 Å². The van der Waals surface area contributed by atoms with E-state index in [0.717, 1.165) is 12.1 Å². The number of rotatable bonds is 14. The van der Waals surface area contributed by atoms with Crippen LogP contribution in [0.5, 0.6) is 41.2 Å². The molecular weight excluding hydrogens is 1890 g/mol. The van der Waals surface area contributed by atoms with Crippen molar-refractivity contribution < 1.29 is 95.7 Å². The van der Waals surface area contributed by atoms with E-state index in [2.05, 4.69) is 141 Å². The molecule has 0 unspecified atom stereocenters. The van der Waals surface area contributed by atoms with E-state index < -0.39 is 206 Å². The Bertz CT molecular complexity index is 7330. The minimum atomic E-state index is -1.20. The van der Waals surface area contributed by atoms with Gasteiger partial charge in [0.1, 0.15) is 41.0 Å². The van der Waals surface area contributed by atoms with Crippen molar-refractivity contribution in [2.24, 2.45) is 0 Å². The maximum atomic E-state index is 13.7. The van der Waals surface area contributed by atoms with Gasteiger partial charge in [-0.2, -0.15) is 0 Å². The molecule has 1 saturated carbocycles. The molecular formula is C74H66F5N25O25S5. The monoisotopic (exact) mass is 1960 g/mol. The topological polar surface area (TPSA) is 802 Å². The average Bonchev–Trinajstić information content (AvgIpc) is 0.844. The number of H-pyrrole nitrogens is 14. The second-order valence-corrected chi connectivity index (χ2v) is 29.6. The smallest absolute Gasteiger partial charge is 0.328 e. The number of aromatic hydroxyl groups is 7. The van der Waals surface area contributed by atoms with Crippen LogP contribution in [0.3, 0.4) is 0 Å². The number of hydrogen-bond donors (Lipinski definition) is 28. The Balaban J connectivity index is 0.000000193. The van der Waals surface area contributed by atoms with E-state index in [0.29, 0.717) is 47.8 Å². The van der Waals surface area contributed by atoms with E-state index in [4.69, 9.17) is 4.42 Å². The third kappa shape index (κ3) is 28.3. The Morgan fingerprint density at radius 1 is 0.403 bits per heavy atom. The van der Waals surface area contributed by atoms with Gasteiger partial charge >= 0.3 is 23.1 Å². The molecule has 7 amide bonds. The van der Waals surface area contributed by atoms with E-state index >= 15 is 0 Å². The number of benzene rings is 3. The zero-order valence-corrected chi connectivity index (χ0v) is 72.3. The Hall–Kier alpha value is -17.4. The average molecular weight is 1960 g/mol. The highest BCUT2D eigenvalue weighted by molar-refractivity contribution is 7.71. The van der Waals surface area contributed by atoms with Crippen LogP contribution < -0.4 is 93.2 Å². The molecule has 1 fully saturated rings. The molecule has 13 aromatic rings. The summed E-state index contributed by atoms with van der Waals surface area (Å²) in [4.78, 5) is 240. The lowest BCUT2D eigenvalue weighted by Crippen LogP contribution is -2.42. The number of carbonyl (C=O) groups is 7. The summed E-state index contributed by atoms with van der Waals surface area (Å²) in [7, 11) is 0. The third-order valence-corrected chi connectivity index (χ3v) is 18.5. The highest BCUT2D eigenvalue weighted by Crippen LogP contribution is 2.32. The Kier molecular flexibility index (Phi) is 34.2. The zero-order chi connectivity index (χ0) is 99.2. The van der Waals surface area contributed by atoms with Crippen molar-refractivity contribution in [3.63, 3.8) is 0 Å². The van der Waals surface area contributed by atoms with Crippen LogP contribution in [-0.4, -0.2) is 179 Å². The number of aromatic nitrogens is 18. The molecule has 28 N–H and O–H groups in total. The predicted molar refractivity (Wildman–Crippen MR) is 469 cm³/mol. The summed E-state index contributed by atoms with van der Waals surface area (Å²) in [6.45, 7) is 7.80. The Labute approximate surface area is 760 Å². The molecule has 0 aliphatic heterocycles. The maximum absolute atomic E-state index is 13.7. The molecule has 14 rings (SSSR count). The minimum Gasteiger partial charge on any atom is -0.494 e. The number of nitrogens with zero attached hydrogens (tertiary/aromatic N) is 4. The first-order valence-corrected chi connectivity index (χ1v) is 39.3. The van der Waals surface area contributed by atoms with E-state index in [1.165, 1.54) is 73.6 Å². The van der Waals surface area contributed by atoms with Crippen LogP contribution >= 0.6 is 60.2 Å². The van der Waals surface area contributed by atoms with Crippen LogP contribution in [0.15, 0.2) is 137 Å². The van der Waals surface area contributed by atoms with E-state index in [-0.39, 0.29) is 59.5 Å². The molecule has 702 valence electrons. The second kappa shape index (κ2) is 45.0. The molecule has 0 radical (unpaired) electrons. The van der Waals surface area contributed by atoms with Gasteiger partial charge in [-0.3, -0.25) is 128 Å². The van der Waals surface area contributed by atoms with Crippen molar-refractivity contribution in [2.75, 3.05) is 31.9 Å². The van der Waals surface area contributed by atoms with Gasteiger partial charge in [0.05, 0.1) is 35.7 Å². The van der Waals surface area contributed by atoms with Crippen molar-refractivity contribution in [3.8, 4) is 41.2 Å². The standard InChI is InChI=1S/C12H9F2N3O4.C12H10FN3O4.C12H16FN3O3S.C12H10FN3O3S.C10H9N5O4.C8H6N4O4S.C8H6N4O3S2/c1-4-6(13)2-5(3-7(4)14)15-9(18)8-10(19)16-12(21)17-11(8)20;1-5-2-3-7(6(13)4-5)14-9(17)8-10(18)15-12(20)16-11(8)19;1-12(13)4-2-6(3-5-12)14-8(17)7-9(18)15-11(20)16-10(7)19;1-5-2-3-7(6(13)4-5)14-9(17)8-10(18)15-12(20)16-11(8)19;1-4-11-2-5(3-12-4)13-7(16)6-8(17)14-10(19)15-9(6)18;13-4(10-7-9-1-2-16-7)3-5(14)11-8(17)12-6(3)15;13-4-3(5(14)11-7(16)10-4)6(15)12-8-9-1-2-17-8/h2-3H,1H3,(H,15,18)(H3,16,17,19,20,21);2-4H,1H3,(H,14,17)(H3,15,16,18,19,20);6H,2-5H2,1H3,(H,14,17)(H3,15,16,18,19,20);2-4H,1H3,(H,14,17)(H3,15,16,18,19,20);2-3H,1H3,(H,13,16)(H3,14,15,17,18,19);1-2H,(H,9,10,13)(H3,11,12,14,15,17);1-2H,(H,9,12,15)(H3,10,11,13,14,16). The lowest BCUT2D eigenvalue weighted by molar-refractivity contribution is 0.0844. The third-order valence-electron chi connectivity index (χ3n) is 17.0. The summed E-state index contributed by atoms with van der Waals surface area (Å²) in [6, 6.07) is 9.70. The number of alkyl halides is 1. The van der Waals surface area contributed by atoms with E-state index in [9.17, 15) is 139 Å². The van der Waals surface area contributed by atoms with Crippen molar-refractivity contribution in [2.45, 2.75) is 72.0 Å². The summed E-state index contributed by atoms with van der Waals surface area (Å²) >= 11 is 19.8. The maximum Gasteiger partial charge on any atom is 0.328 e. The first-order valence-electron chi connectivity index (χ1n) is 36.8. The molecule has 0 saturated heterocycles. The fourth-order valence-electron chi connectivity index (χ4n) is 10.7. The van der Waals surface area contributed by atoms with Crippen LogP contribution in [0.25, 0.3) is 0 Å². The van der Waals surface area contributed by atoms with Crippen LogP contribution in [0.1, 0.15) is 128 Å². The van der Waals surface area contributed by atoms with Crippen molar-refractivity contribution in [3.05, 3.63) is 293 Å². The Morgan fingerprint density at radius 2 is 0.731 bits per heavy atom. The van der Waals surface area contributed by atoms with Gasteiger partial charge in [0.2, 0.25) is 41.2 Å². The van der Waals surface area contributed by atoms with Gasteiger partial charge in [-0.25, -0.2) is 56.3 Å². The van der Waals surface area contributed by atoms with Gasteiger partial charge in [-0.05, 0) is 157 Å². The normalized spacial score (nSPS) is 12.6. The van der Waals surface area contributed by atoms with Gasteiger partial charge in [0.15, 0.2) is 63.2 Å². The number of oxazole rings is 1. The number of hydrogen-bond acceptors (Lipinski definition) is 34. The molecule has 134 heavy (non-hydrogen) atoms. The highest BCUT2D eigenvalue weighted by Gasteiger charge is 2.33. The lowest BCUT2D eigenvalue weighted by atomic mass is 9.85. The van der Waals surface area contributed by atoms with Gasteiger partial charge in [0.25, 0.3) is 80.3 Å². The van der Waals surface area contributed by atoms with Gasteiger partial charge in [-0.1, -0.05) is 12.1 Å². The number of aromatic amines is 14. The number of aryl methyl sites for hydroxylation is 3. The number of halogens is 5. The van der Waals surface area contributed by atoms with E-state index in [1.54, 1.807) is 55.2 Å². The van der Waals surface area contributed by atoms with Gasteiger partial charge < -0.3 is 86.7 Å². The lowest BCUT2D eigenvalue weighted by Gasteiger charge is -2.31. The summed E-state index contributed by atoms with van der Waals surface area (Å²) in [5.41, 5.74) is -13.6. The second-order valence-electron chi connectivity index (χ2n) is 27.0. The fraction of sp³-hybridized carbons (Fsp3) is 0.149. The molecule has 1 aliphatic rings. The van der Waals surface area contributed by atoms with Crippen molar-refractivity contribution >= 4 is 135 Å². The van der Waals surface area contributed by atoms with Crippen LogP contribution in [0.4, 0.5) is 55.8 Å². The quantitative estimate of drug-likeness (QED) is 0.0513. The molecule has 10 aromatic heterocycles. The van der Waals surface area contributed by atoms with Gasteiger partial charge in [-0.15, -0.1) is 11.3 Å². The largest absolute Gasteiger partial charge is 0.494 e. The van der Waals surface area contributed by atoms with Crippen LogP contribution in [0.2, 0.25) is 0 Å². The summed E-state index contributed by atoms with van der Waals surface area (Å²) in [5.74, 6) is -14.0. The molecule has 0 bridgehead atoms. The first-order chi connectivity index (χ1) is 63.0. The zero-order valence-electron chi connectivity index (χ0n) is 68.2. The predicted octanol–water partition coefficient (Wildman–Crippen LogP) is 4.80. The first kappa shape index (κ1) is 102. The molecule has 1 aliphatic carbocycles. The minimum absolute atomic E-state index is 0.0571. The summed E-state index contributed by atoms with van der Waals surface area (Å²) < 4.78 is 72.0. The van der Waals surface area contributed by atoms with E-state index in [1.807, 2.05) is 25.3 Å². The molecule has 3 aromatic carbocycles. The summed E-state index contributed by atoms with van der Waals surface area (Å²) in [5, 5.41) is 84.1. The number of amides is 7. The SMILES string of the molecule is CC1(F)CCC(NC(=O)c2c(O)[nH]c(=S)[nH]c2=O)CC1.Cc1c(F)cc(NC(=O)c2c(O)[nH]c(=O)[nH]c2=O)cc1F.Cc1ccc(NC(=O)c2c(O)[nH]c(=O)[nH]c2=O)c(F)c1.Cc1ccc(NC(=O)c2c(O)[nH]c(=S)[nH]c2=O)c(F)c1.Cc1ncc(NC(=O)c2c(O)[nH]c(=O)[nH]c2=O)cn1.O=C(Nc1ncco1)c1c(O)[nH]c(=S)[nH]c1=O.O=C(Nc1nccs1)c1c(O)[nH]c(=S)[nH]c1=O. The Morgan fingerprint density at radius 3 is 1.06 bits per heavy atom. The number of carbonyl (C=O) groups excluding carboxylic acids is 7. The number of anilines is 6. The number of thiazole rings is 1. The molecule has 0 spiro atoms. The molecule has 0 atom stereocenters. The van der Waals surface area contributed by atoms with Crippen LogP contribution in [-0.2, 0) is 0 Å². The van der Waals surface area contributed by atoms with Crippen LogP contribution in [0, 0.1) is 70.0 Å². The summed E-state index contributed by atoms with van der Waals surface area (Å²) in [6.07, 6.45) is 8.48. The number of nitrogens with one attached hydrogen (secondary N) is 21. The van der Waals surface area contributed by atoms with Gasteiger partial charge in [0, 0.05) is 28.9 Å². The highest BCUT2D eigenvalue weighted by atomic mass is 32.1. The fourth-order valence-corrected chi connectivity index (χ4v) is 12.0. The molecule has 60 heteroatoms. The van der Waals surface area contributed by atoms with Crippen molar-refractivity contribution in [1.29, 1.82) is 0 Å².